The summed E-state index contributed by atoms with van der Waals surface area (Å²) in [6.45, 7) is 0. The summed E-state index contributed by atoms with van der Waals surface area (Å²) in [6.07, 6.45) is 2.56. The molecule has 0 bridgehead atoms. The standard InChI is InChI=1S/C23H19F3N6O/c1-30-13-28-29-21(30)20(15-4-2-5-15)16-8-14(11-27)9-17(10-16)32-12-19-18(23(24,25)26)6-3-7-31(19)22(32)33/h3,6-10,12-13,15,20H,2,4-5H2,1H3. The quantitative estimate of drug-likeness (QED) is 0.468. The van der Waals surface area contributed by atoms with E-state index < -0.39 is 17.4 Å². The number of fused-ring (bicyclic) bond motifs is 1. The van der Waals surface area contributed by atoms with Crippen molar-refractivity contribution in [2.45, 2.75) is 31.4 Å². The minimum atomic E-state index is -4.61. The molecule has 5 rings (SSSR count). The van der Waals surface area contributed by atoms with Gasteiger partial charge in [-0.1, -0.05) is 6.42 Å². The van der Waals surface area contributed by atoms with Crippen molar-refractivity contribution in [2.24, 2.45) is 13.0 Å². The fourth-order valence-corrected chi connectivity index (χ4v) is 4.53. The second kappa shape index (κ2) is 7.62. The predicted octanol–water partition coefficient (Wildman–Crippen LogP) is 4.04. The first kappa shape index (κ1) is 21.0. The maximum absolute atomic E-state index is 13.5. The number of pyridine rings is 1. The first-order valence-electron chi connectivity index (χ1n) is 10.5. The van der Waals surface area contributed by atoms with Gasteiger partial charge in [-0.25, -0.2) is 4.79 Å². The molecule has 3 heterocycles. The lowest BCUT2D eigenvalue weighted by Crippen LogP contribution is -2.24. The smallest absolute Gasteiger partial charge is 0.320 e. The maximum Gasteiger partial charge on any atom is 0.418 e. The summed E-state index contributed by atoms with van der Waals surface area (Å²) in [4.78, 5) is 13.0. The van der Waals surface area contributed by atoms with Crippen molar-refractivity contribution < 1.29 is 13.2 Å². The van der Waals surface area contributed by atoms with Crippen molar-refractivity contribution in [3.8, 4) is 11.8 Å². The van der Waals surface area contributed by atoms with Crippen LogP contribution in [0.4, 0.5) is 13.2 Å². The van der Waals surface area contributed by atoms with Crippen molar-refractivity contribution in [3.05, 3.63) is 82.1 Å². The van der Waals surface area contributed by atoms with E-state index in [0.717, 1.165) is 45.7 Å². The van der Waals surface area contributed by atoms with Crippen LogP contribution in [-0.4, -0.2) is 23.7 Å². The predicted molar refractivity (Wildman–Crippen MR) is 113 cm³/mol. The van der Waals surface area contributed by atoms with Crippen molar-refractivity contribution in [1.82, 2.24) is 23.7 Å². The van der Waals surface area contributed by atoms with Crippen LogP contribution in [0.15, 0.2) is 53.8 Å². The fourth-order valence-electron chi connectivity index (χ4n) is 4.53. The minimum absolute atomic E-state index is 0.142. The van der Waals surface area contributed by atoms with Crippen molar-refractivity contribution >= 4 is 5.52 Å². The highest BCUT2D eigenvalue weighted by atomic mass is 19.4. The van der Waals surface area contributed by atoms with Gasteiger partial charge in [0.15, 0.2) is 0 Å². The Balaban J connectivity index is 1.71. The van der Waals surface area contributed by atoms with Gasteiger partial charge in [0, 0.05) is 25.4 Å². The van der Waals surface area contributed by atoms with Crippen LogP contribution < -0.4 is 5.69 Å². The topological polar surface area (TPSA) is 80.9 Å². The summed E-state index contributed by atoms with van der Waals surface area (Å²) >= 11 is 0. The normalized spacial score (nSPS) is 15.4. The van der Waals surface area contributed by atoms with E-state index >= 15 is 0 Å². The summed E-state index contributed by atoms with van der Waals surface area (Å²) in [5.74, 6) is 0.905. The van der Waals surface area contributed by atoms with Crippen LogP contribution in [0.3, 0.4) is 0 Å². The van der Waals surface area contributed by atoms with E-state index in [1.807, 2.05) is 11.6 Å². The van der Waals surface area contributed by atoms with Gasteiger partial charge in [0.05, 0.1) is 28.4 Å². The molecular formula is C23H19F3N6O. The average Bonchev–Trinajstić information content (AvgIpc) is 3.32. The van der Waals surface area contributed by atoms with Crippen LogP contribution in [0.2, 0.25) is 0 Å². The molecule has 1 aromatic carbocycles. The molecule has 1 saturated carbocycles. The molecule has 1 atom stereocenters. The van der Waals surface area contributed by atoms with E-state index in [1.165, 1.54) is 24.5 Å². The lowest BCUT2D eigenvalue weighted by Gasteiger charge is -2.33. The van der Waals surface area contributed by atoms with Gasteiger partial charge in [-0.3, -0.25) is 8.97 Å². The Morgan fingerprint density at radius 2 is 2.03 bits per heavy atom. The molecule has 0 saturated heterocycles. The number of aryl methyl sites for hydroxylation is 1. The number of halogens is 3. The molecule has 1 aliphatic carbocycles. The molecular weight excluding hydrogens is 433 g/mol. The highest BCUT2D eigenvalue weighted by Gasteiger charge is 2.35. The van der Waals surface area contributed by atoms with Crippen molar-refractivity contribution in [1.29, 1.82) is 5.26 Å². The molecule has 1 fully saturated rings. The first-order valence-corrected chi connectivity index (χ1v) is 10.5. The molecule has 1 unspecified atom stereocenters. The maximum atomic E-state index is 13.5. The zero-order valence-electron chi connectivity index (χ0n) is 17.6. The zero-order valence-corrected chi connectivity index (χ0v) is 17.6. The molecule has 3 aromatic heterocycles. The van der Waals surface area contributed by atoms with Gasteiger partial charge in [0.2, 0.25) is 0 Å². The lowest BCUT2D eigenvalue weighted by atomic mass is 9.72. The Morgan fingerprint density at radius 3 is 2.64 bits per heavy atom. The monoisotopic (exact) mass is 452 g/mol. The zero-order chi connectivity index (χ0) is 23.3. The SMILES string of the molecule is Cn1cnnc1C(c1cc(C#N)cc(-n2cc3c(C(F)(F)F)cccn3c2=O)c1)C1CCC1. The molecule has 1 aliphatic rings. The number of alkyl halides is 3. The Hall–Kier alpha value is -3.87. The number of hydrogen-bond donors (Lipinski definition) is 0. The number of rotatable bonds is 4. The molecule has 0 spiro atoms. The number of imidazole rings is 1. The van der Waals surface area contributed by atoms with Gasteiger partial charge < -0.3 is 4.57 Å². The third-order valence-corrected chi connectivity index (χ3v) is 6.35. The van der Waals surface area contributed by atoms with Gasteiger partial charge >= 0.3 is 11.9 Å². The number of nitrogens with zero attached hydrogens (tertiary/aromatic N) is 6. The summed E-state index contributed by atoms with van der Waals surface area (Å²) < 4.78 is 44.4. The third-order valence-electron chi connectivity index (χ3n) is 6.35. The van der Waals surface area contributed by atoms with E-state index in [2.05, 4.69) is 16.3 Å². The molecule has 7 nitrogen and oxygen atoms in total. The van der Waals surface area contributed by atoms with Crippen LogP contribution in [0.5, 0.6) is 0 Å². The van der Waals surface area contributed by atoms with E-state index in [-0.39, 0.29) is 11.4 Å². The van der Waals surface area contributed by atoms with E-state index in [0.29, 0.717) is 17.2 Å². The number of nitriles is 1. The molecule has 10 heteroatoms. The van der Waals surface area contributed by atoms with Crippen LogP contribution in [0, 0.1) is 17.2 Å². The van der Waals surface area contributed by atoms with Crippen LogP contribution in [0.1, 0.15) is 47.7 Å². The second-order valence-corrected chi connectivity index (χ2v) is 8.35. The average molecular weight is 452 g/mol. The summed E-state index contributed by atoms with van der Waals surface area (Å²) in [5, 5.41) is 17.9. The molecule has 168 valence electrons. The first-order chi connectivity index (χ1) is 15.8. The van der Waals surface area contributed by atoms with Crippen molar-refractivity contribution in [2.75, 3.05) is 0 Å². The highest BCUT2D eigenvalue weighted by Crippen LogP contribution is 2.43. The number of aromatic nitrogens is 5. The lowest BCUT2D eigenvalue weighted by molar-refractivity contribution is -0.136. The van der Waals surface area contributed by atoms with Gasteiger partial charge in [0.1, 0.15) is 12.2 Å². The molecule has 0 radical (unpaired) electrons. The molecule has 4 aromatic rings. The van der Waals surface area contributed by atoms with Gasteiger partial charge in [0.25, 0.3) is 0 Å². The Kier molecular flexibility index (Phi) is 4.85. The van der Waals surface area contributed by atoms with E-state index in [9.17, 15) is 23.2 Å². The minimum Gasteiger partial charge on any atom is -0.320 e. The van der Waals surface area contributed by atoms with Gasteiger partial charge in [-0.15, -0.1) is 10.2 Å². The number of hydrogen-bond acceptors (Lipinski definition) is 4. The summed E-state index contributed by atoms with van der Waals surface area (Å²) in [7, 11) is 1.85. The molecule has 0 aliphatic heterocycles. The Morgan fingerprint density at radius 1 is 1.24 bits per heavy atom. The molecule has 0 amide bonds. The fraction of sp³-hybridized carbons (Fsp3) is 0.304. The van der Waals surface area contributed by atoms with E-state index in [1.54, 1.807) is 18.5 Å². The largest absolute Gasteiger partial charge is 0.418 e. The Bertz CT molecular complexity index is 1450. The number of benzene rings is 1. The van der Waals surface area contributed by atoms with Crippen LogP contribution in [-0.2, 0) is 13.2 Å². The Labute approximate surface area is 186 Å². The summed E-state index contributed by atoms with van der Waals surface area (Å²) in [5.41, 5.74) is -0.365. The highest BCUT2D eigenvalue weighted by molar-refractivity contribution is 5.57. The molecule has 33 heavy (non-hydrogen) atoms. The van der Waals surface area contributed by atoms with E-state index in [4.69, 9.17) is 0 Å². The second-order valence-electron chi connectivity index (χ2n) is 8.35. The van der Waals surface area contributed by atoms with Crippen LogP contribution >= 0.6 is 0 Å². The summed E-state index contributed by atoms with van der Waals surface area (Å²) in [6, 6.07) is 9.26. The van der Waals surface area contributed by atoms with Crippen LogP contribution in [0.25, 0.3) is 11.2 Å². The van der Waals surface area contributed by atoms with Crippen molar-refractivity contribution in [3.63, 3.8) is 0 Å². The van der Waals surface area contributed by atoms with Gasteiger partial charge in [-0.2, -0.15) is 18.4 Å². The third kappa shape index (κ3) is 3.50. The van der Waals surface area contributed by atoms with Gasteiger partial charge in [-0.05, 0) is 54.7 Å². The molecule has 0 N–H and O–H groups in total.